The third kappa shape index (κ3) is 1.95. The summed E-state index contributed by atoms with van der Waals surface area (Å²) < 4.78 is 0. The molecule has 0 amide bonds. The fraction of sp³-hybridized carbons (Fsp3) is 0.636. The molecule has 3 N–H and O–H groups in total. The molecule has 1 fully saturated rings. The van der Waals surface area contributed by atoms with Crippen molar-refractivity contribution in [2.45, 2.75) is 25.3 Å². The van der Waals surface area contributed by atoms with Crippen LogP contribution in [0.15, 0.2) is 17.2 Å². The zero-order chi connectivity index (χ0) is 11.5. The SMILES string of the molecule is CN(c1ncc[nH]c1=O)C1CCCC1CN. The number of hydrogen-bond acceptors (Lipinski definition) is 4. The van der Waals surface area contributed by atoms with Crippen LogP contribution in [0.2, 0.25) is 0 Å². The van der Waals surface area contributed by atoms with Crippen LogP contribution in [0, 0.1) is 5.92 Å². The molecule has 1 aliphatic rings. The van der Waals surface area contributed by atoms with Gasteiger partial charge in [0.15, 0.2) is 5.82 Å². The lowest BCUT2D eigenvalue weighted by Crippen LogP contribution is -2.40. The molecule has 88 valence electrons. The molecule has 16 heavy (non-hydrogen) atoms. The summed E-state index contributed by atoms with van der Waals surface area (Å²) in [5.74, 6) is 0.972. The van der Waals surface area contributed by atoms with E-state index in [4.69, 9.17) is 5.73 Å². The van der Waals surface area contributed by atoms with Crippen molar-refractivity contribution in [3.8, 4) is 0 Å². The Hall–Kier alpha value is -1.36. The van der Waals surface area contributed by atoms with Crippen molar-refractivity contribution in [1.29, 1.82) is 0 Å². The Morgan fingerprint density at radius 3 is 3.12 bits per heavy atom. The normalized spacial score (nSPS) is 24.6. The standard InChI is InChI=1S/C11H18N4O/c1-15(9-4-2-3-8(9)7-12)10-11(16)14-6-5-13-10/h5-6,8-9H,2-4,7,12H2,1H3,(H,14,16). The van der Waals surface area contributed by atoms with Crippen LogP contribution in [0.3, 0.4) is 0 Å². The third-order valence-electron chi connectivity index (χ3n) is 3.44. The summed E-state index contributed by atoms with van der Waals surface area (Å²) in [7, 11) is 1.93. The Balaban J connectivity index is 2.22. The molecule has 2 rings (SSSR count). The van der Waals surface area contributed by atoms with Gasteiger partial charge in [0.25, 0.3) is 5.56 Å². The number of rotatable bonds is 3. The van der Waals surface area contributed by atoms with Crippen LogP contribution in [0.5, 0.6) is 0 Å². The molecule has 5 nitrogen and oxygen atoms in total. The predicted octanol–water partition coefficient (Wildman–Crippen LogP) is 0.333. The fourth-order valence-corrected chi connectivity index (χ4v) is 2.55. The number of aromatic amines is 1. The van der Waals surface area contributed by atoms with Crippen molar-refractivity contribution in [3.05, 3.63) is 22.7 Å². The molecule has 0 saturated heterocycles. The van der Waals surface area contributed by atoms with E-state index >= 15 is 0 Å². The zero-order valence-electron chi connectivity index (χ0n) is 9.52. The minimum atomic E-state index is -0.132. The molecule has 1 heterocycles. The summed E-state index contributed by atoms with van der Waals surface area (Å²) in [5.41, 5.74) is 5.61. The van der Waals surface area contributed by atoms with Crippen LogP contribution in [0.25, 0.3) is 0 Å². The second kappa shape index (κ2) is 4.65. The van der Waals surface area contributed by atoms with Gasteiger partial charge in [0.05, 0.1) is 0 Å². The summed E-state index contributed by atoms with van der Waals surface area (Å²) in [6.45, 7) is 0.680. The van der Waals surface area contributed by atoms with E-state index in [1.807, 2.05) is 11.9 Å². The minimum Gasteiger partial charge on any atom is -0.352 e. The lowest BCUT2D eigenvalue weighted by atomic mass is 10.0. The minimum absolute atomic E-state index is 0.132. The van der Waals surface area contributed by atoms with E-state index < -0.39 is 0 Å². The molecule has 2 atom stereocenters. The van der Waals surface area contributed by atoms with Crippen LogP contribution >= 0.6 is 0 Å². The largest absolute Gasteiger partial charge is 0.352 e. The highest BCUT2D eigenvalue weighted by Crippen LogP contribution is 2.29. The van der Waals surface area contributed by atoms with Crippen molar-refractivity contribution < 1.29 is 0 Å². The third-order valence-corrected chi connectivity index (χ3v) is 3.44. The summed E-state index contributed by atoms with van der Waals surface area (Å²) >= 11 is 0. The molecule has 5 heteroatoms. The van der Waals surface area contributed by atoms with Crippen LogP contribution < -0.4 is 16.2 Å². The number of anilines is 1. The number of H-pyrrole nitrogens is 1. The first-order valence-corrected chi connectivity index (χ1v) is 5.70. The maximum absolute atomic E-state index is 11.6. The first-order valence-electron chi connectivity index (χ1n) is 5.70. The molecule has 0 spiro atoms. The van der Waals surface area contributed by atoms with Crippen LogP contribution in [-0.2, 0) is 0 Å². The van der Waals surface area contributed by atoms with Crippen molar-refractivity contribution in [1.82, 2.24) is 9.97 Å². The molecule has 0 bridgehead atoms. The second-order valence-corrected chi connectivity index (χ2v) is 4.35. The molecule has 0 radical (unpaired) electrons. The first-order chi connectivity index (χ1) is 7.74. The lowest BCUT2D eigenvalue weighted by molar-refractivity contribution is 0.471. The molecular formula is C11H18N4O. The van der Waals surface area contributed by atoms with Crippen LogP contribution in [-0.4, -0.2) is 29.6 Å². The number of aromatic nitrogens is 2. The molecule has 0 aromatic carbocycles. The van der Waals surface area contributed by atoms with E-state index in [2.05, 4.69) is 9.97 Å². The van der Waals surface area contributed by atoms with Gasteiger partial charge >= 0.3 is 0 Å². The molecule has 1 saturated carbocycles. The molecule has 1 aromatic heterocycles. The lowest BCUT2D eigenvalue weighted by Gasteiger charge is -2.29. The number of nitrogens with two attached hydrogens (primary N) is 1. The van der Waals surface area contributed by atoms with Crippen LogP contribution in [0.4, 0.5) is 5.82 Å². The maximum Gasteiger partial charge on any atom is 0.290 e. The van der Waals surface area contributed by atoms with Gasteiger partial charge < -0.3 is 15.6 Å². The monoisotopic (exact) mass is 222 g/mol. The van der Waals surface area contributed by atoms with E-state index in [9.17, 15) is 4.79 Å². The Bertz CT molecular complexity index is 403. The number of nitrogens with one attached hydrogen (secondary N) is 1. The highest BCUT2D eigenvalue weighted by Gasteiger charge is 2.30. The average Bonchev–Trinajstić information content (AvgIpc) is 2.77. The van der Waals surface area contributed by atoms with E-state index in [-0.39, 0.29) is 5.56 Å². The van der Waals surface area contributed by atoms with Gasteiger partial charge in [-0.05, 0) is 25.3 Å². The van der Waals surface area contributed by atoms with Crippen LogP contribution in [0.1, 0.15) is 19.3 Å². The summed E-state index contributed by atoms with van der Waals surface area (Å²) in [6, 6.07) is 0.348. The maximum atomic E-state index is 11.6. The first kappa shape index (κ1) is 11.1. The van der Waals surface area contributed by atoms with Gasteiger partial charge in [0.2, 0.25) is 0 Å². The summed E-state index contributed by atoms with van der Waals surface area (Å²) in [4.78, 5) is 20.4. The van der Waals surface area contributed by atoms with Crippen molar-refractivity contribution in [2.24, 2.45) is 11.7 Å². The molecule has 0 aliphatic heterocycles. The average molecular weight is 222 g/mol. The van der Waals surface area contributed by atoms with Crippen molar-refractivity contribution in [3.63, 3.8) is 0 Å². The van der Waals surface area contributed by atoms with Crippen molar-refractivity contribution >= 4 is 5.82 Å². The molecule has 1 aromatic rings. The Kier molecular flexibility index (Phi) is 3.24. The van der Waals surface area contributed by atoms with E-state index in [1.54, 1.807) is 12.4 Å². The van der Waals surface area contributed by atoms with Gasteiger partial charge in [-0.25, -0.2) is 4.98 Å². The van der Waals surface area contributed by atoms with Gasteiger partial charge in [-0.1, -0.05) is 6.42 Å². The molecule has 1 aliphatic carbocycles. The molecular weight excluding hydrogens is 204 g/mol. The van der Waals surface area contributed by atoms with Gasteiger partial charge in [0, 0.05) is 25.5 Å². The van der Waals surface area contributed by atoms with Gasteiger partial charge in [-0.3, -0.25) is 4.79 Å². The molecule has 2 unspecified atom stereocenters. The zero-order valence-corrected chi connectivity index (χ0v) is 9.52. The Morgan fingerprint density at radius 2 is 2.44 bits per heavy atom. The second-order valence-electron chi connectivity index (χ2n) is 4.35. The summed E-state index contributed by atoms with van der Waals surface area (Å²) in [5, 5.41) is 0. The fourth-order valence-electron chi connectivity index (χ4n) is 2.55. The number of nitrogens with zero attached hydrogens (tertiary/aromatic N) is 2. The quantitative estimate of drug-likeness (QED) is 0.773. The number of hydrogen-bond donors (Lipinski definition) is 2. The Labute approximate surface area is 94.7 Å². The van der Waals surface area contributed by atoms with Gasteiger partial charge in [0.1, 0.15) is 0 Å². The van der Waals surface area contributed by atoms with Gasteiger partial charge in [-0.15, -0.1) is 0 Å². The van der Waals surface area contributed by atoms with E-state index in [0.29, 0.717) is 24.3 Å². The Morgan fingerprint density at radius 1 is 1.62 bits per heavy atom. The highest BCUT2D eigenvalue weighted by molar-refractivity contribution is 5.36. The van der Waals surface area contributed by atoms with Crippen molar-refractivity contribution in [2.75, 3.05) is 18.5 Å². The predicted molar refractivity (Wildman–Crippen MR) is 63.4 cm³/mol. The van der Waals surface area contributed by atoms with E-state index in [1.165, 1.54) is 6.42 Å². The van der Waals surface area contributed by atoms with E-state index in [0.717, 1.165) is 12.8 Å². The summed E-state index contributed by atoms with van der Waals surface area (Å²) in [6.07, 6.45) is 6.58. The van der Waals surface area contributed by atoms with Gasteiger partial charge in [-0.2, -0.15) is 0 Å². The smallest absolute Gasteiger partial charge is 0.290 e. The highest BCUT2D eigenvalue weighted by atomic mass is 16.1. The topological polar surface area (TPSA) is 75.0 Å².